The highest BCUT2D eigenvalue weighted by atomic mass is 19.4. The highest BCUT2D eigenvalue weighted by Crippen LogP contribution is 2.35. The summed E-state index contributed by atoms with van der Waals surface area (Å²) in [5.41, 5.74) is 5.70. The number of carbonyl (C=O) groups is 1. The molecule has 0 aliphatic carbocycles. The Bertz CT molecular complexity index is 715. The molecule has 0 fully saturated rings. The minimum atomic E-state index is -5.08. The van der Waals surface area contributed by atoms with E-state index in [1.165, 1.54) is 22.5 Å². The molecule has 2 N–H and O–H groups in total. The molecule has 0 saturated heterocycles. The molecule has 1 aliphatic rings. The lowest BCUT2D eigenvalue weighted by Crippen LogP contribution is -2.22. The minimum absolute atomic E-state index is 1.06. The van der Waals surface area contributed by atoms with Crippen LogP contribution < -0.4 is 10.2 Å². The molecule has 27 heavy (non-hydrogen) atoms. The van der Waals surface area contributed by atoms with E-state index in [2.05, 4.69) is 58.7 Å². The average Bonchev–Trinajstić information content (AvgIpc) is 2.79. The molecule has 0 amide bonds. The Morgan fingerprint density at radius 3 is 1.89 bits per heavy atom. The van der Waals surface area contributed by atoms with Gasteiger partial charge in [0.15, 0.2) is 0 Å². The lowest BCUT2D eigenvalue weighted by Gasteiger charge is -2.27. The summed E-state index contributed by atoms with van der Waals surface area (Å²) in [7, 11) is 2.02. The van der Waals surface area contributed by atoms with Gasteiger partial charge in [0.1, 0.15) is 0 Å². The highest BCUT2D eigenvalue weighted by Gasteiger charge is 2.38. The van der Waals surface area contributed by atoms with E-state index < -0.39 is 12.1 Å². The Morgan fingerprint density at radius 1 is 1.04 bits per heavy atom. The van der Waals surface area contributed by atoms with Crippen molar-refractivity contribution in [2.45, 2.75) is 25.4 Å². The van der Waals surface area contributed by atoms with Gasteiger partial charge in [-0.2, -0.15) is 13.2 Å². The zero-order valence-corrected chi connectivity index (χ0v) is 15.1. The van der Waals surface area contributed by atoms with Crippen molar-refractivity contribution < 1.29 is 23.1 Å². The van der Waals surface area contributed by atoms with E-state index >= 15 is 0 Å². The molecule has 146 valence electrons. The standard InChI is InChI=1S/C18H22N2.C2HF3O2/c1-19-13-6-14-20-17-9-4-2-7-15(17)11-12-16-8-3-5-10-18(16)20;3-2(4,5)1(6)7/h2-5,7-10,19H,6,11-14H2,1H3;(H,6,7). The van der Waals surface area contributed by atoms with Crippen LogP contribution >= 0.6 is 0 Å². The summed E-state index contributed by atoms with van der Waals surface area (Å²) in [5.74, 6) is -2.76. The fourth-order valence-corrected chi connectivity index (χ4v) is 3.03. The first-order chi connectivity index (χ1) is 12.8. The summed E-state index contributed by atoms with van der Waals surface area (Å²) < 4.78 is 31.7. The zero-order valence-electron chi connectivity index (χ0n) is 15.1. The van der Waals surface area contributed by atoms with E-state index in [1.54, 1.807) is 0 Å². The molecule has 2 aromatic carbocycles. The highest BCUT2D eigenvalue weighted by molar-refractivity contribution is 5.73. The molecule has 0 unspecified atom stereocenters. The van der Waals surface area contributed by atoms with Gasteiger partial charge in [-0.15, -0.1) is 0 Å². The molecular weight excluding hydrogens is 357 g/mol. The van der Waals surface area contributed by atoms with Crippen LogP contribution in [0.25, 0.3) is 0 Å². The van der Waals surface area contributed by atoms with Crippen LogP contribution in [0.4, 0.5) is 24.5 Å². The Morgan fingerprint density at radius 2 is 1.48 bits per heavy atom. The normalized spacial score (nSPS) is 13.0. The number of fused-ring (bicyclic) bond motifs is 2. The molecule has 0 atom stereocenters. The van der Waals surface area contributed by atoms with Gasteiger partial charge in [0.25, 0.3) is 0 Å². The second-order valence-electron chi connectivity index (χ2n) is 6.17. The SMILES string of the molecule is CNCCCN1c2ccccc2CCc2ccccc21.O=C(O)C(F)(F)F. The summed E-state index contributed by atoms with van der Waals surface area (Å²) >= 11 is 0. The molecule has 1 heterocycles. The maximum atomic E-state index is 10.6. The van der Waals surface area contributed by atoms with Crippen LogP contribution in [0, 0.1) is 0 Å². The second-order valence-corrected chi connectivity index (χ2v) is 6.17. The third kappa shape index (κ3) is 5.72. The molecule has 0 bridgehead atoms. The quantitative estimate of drug-likeness (QED) is 0.782. The van der Waals surface area contributed by atoms with E-state index in [1.807, 2.05) is 7.05 Å². The van der Waals surface area contributed by atoms with Gasteiger partial charge in [0.05, 0.1) is 0 Å². The number of rotatable bonds is 4. The topological polar surface area (TPSA) is 52.6 Å². The number of para-hydroxylation sites is 2. The number of aliphatic carboxylic acids is 1. The van der Waals surface area contributed by atoms with Gasteiger partial charge < -0.3 is 15.3 Å². The molecule has 7 heteroatoms. The van der Waals surface area contributed by atoms with E-state index in [0.717, 1.165) is 32.4 Å². The Hall–Kier alpha value is -2.54. The van der Waals surface area contributed by atoms with Crippen molar-refractivity contribution in [2.24, 2.45) is 0 Å². The molecule has 1 aliphatic heterocycles. The van der Waals surface area contributed by atoms with Crippen molar-refractivity contribution in [3.8, 4) is 0 Å². The van der Waals surface area contributed by atoms with Crippen LogP contribution in [0.1, 0.15) is 17.5 Å². The summed E-state index contributed by atoms with van der Waals surface area (Å²) in [6.07, 6.45) is -1.66. The second kappa shape index (κ2) is 9.41. The number of carboxylic acids is 1. The number of nitrogens with one attached hydrogen (secondary N) is 1. The number of alkyl halides is 3. The lowest BCUT2D eigenvalue weighted by atomic mass is 10.0. The Labute approximate surface area is 156 Å². The van der Waals surface area contributed by atoms with Gasteiger partial charge in [-0.25, -0.2) is 4.79 Å². The van der Waals surface area contributed by atoms with Gasteiger partial charge in [0.2, 0.25) is 0 Å². The fraction of sp³-hybridized carbons (Fsp3) is 0.350. The first-order valence-corrected chi connectivity index (χ1v) is 8.72. The van der Waals surface area contributed by atoms with Crippen molar-refractivity contribution in [3.05, 3.63) is 59.7 Å². The van der Waals surface area contributed by atoms with Crippen LogP contribution in [-0.4, -0.2) is 37.4 Å². The number of aryl methyl sites for hydroxylation is 2. The third-order valence-electron chi connectivity index (χ3n) is 4.28. The van der Waals surface area contributed by atoms with Crippen molar-refractivity contribution in [2.75, 3.05) is 25.0 Å². The molecule has 0 saturated carbocycles. The molecule has 3 rings (SSSR count). The number of halogens is 3. The maximum Gasteiger partial charge on any atom is 0.490 e. The lowest BCUT2D eigenvalue weighted by molar-refractivity contribution is -0.192. The van der Waals surface area contributed by atoms with Crippen LogP contribution in [0.3, 0.4) is 0 Å². The fourth-order valence-electron chi connectivity index (χ4n) is 3.03. The summed E-state index contributed by atoms with van der Waals surface area (Å²) in [6.45, 7) is 2.12. The van der Waals surface area contributed by atoms with E-state index in [-0.39, 0.29) is 0 Å². The van der Waals surface area contributed by atoms with Gasteiger partial charge in [0, 0.05) is 17.9 Å². The van der Waals surface area contributed by atoms with Crippen molar-refractivity contribution >= 4 is 17.3 Å². The number of anilines is 2. The molecular formula is C20H23F3N2O2. The Balaban J connectivity index is 0.000000321. The molecule has 2 aromatic rings. The van der Waals surface area contributed by atoms with Gasteiger partial charge >= 0.3 is 12.1 Å². The van der Waals surface area contributed by atoms with Crippen molar-refractivity contribution in [1.29, 1.82) is 0 Å². The first kappa shape index (κ1) is 20.8. The van der Waals surface area contributed by atoms with Gasteiger partial charge in [-0.05, 0) is 56.1 Å². The first-order valence-electron chi connectivity index (χ1n) is 8.72. The third-order valence-corrected chi connectivity index (χ3v) is 4.28. The number of hydrogen-bond donors (Lipinski definition) is 2. The number of nitrogens with zero attached hydrogens (tertiary/aromatic N) is 1. The van der Waals surface area contributed by atoms with Gasteiger partial charge in [-0.3, -0.25) is 0 Å². The van der Waals surface area contributed by atoms with Gasteiger partial charge in [-0.1, -0.05) is 36.4 Å². The Kier molecular flexibility index (Phi) is 7.24. The molecule has 0 aromatic heterocycles. The van der Waals surface area contributed by atoms with Crippen LogP contribution in [0.5, 0.6) is 0 Å². The molecule has 4 nitrogen and oxygen atoms in total. The average molecular weight is 380 g/mol. The summed E-state index contributed by atoms with van der Waals surface area (Å²) in [6, 6.07) is 17.7. The van der Waals surface area contributed by atoms with E-state index in [9.17, 15) is 13.2 Å². The van der Waals surface area contributed by atoms with Crippen LogP contribution in [0.15, 0.2) is 48.5 Å². The summed E-state index contributed by atoms with van der Waals surface area (Å²) in [4.78, 5) is 11.4. The smallest absolute Gasteiger partial charge is 0.475 e. The maximum absolute atomic E-state index is 10.6. The van der Waals surface area contributed by atoms with Crippen molar-refractivity contribution in [3.63, 3.8) is 0 Å². The van der Waals surface area contributed by atoms with E-state index in [4.69, 9.17) is 9.90 Å². The predicted molar refractivity (Wildman–Crippen MR) is 99.5 cm³/mol. The summed E-state index contributed by atoms with van der Waals surface area (Å²) in [5, 5.41) is 10.4. The van der Waals surface area contributed by atoms with Crippen LogP contribution in [-0.2, 0) is 17.6 Å². The zero-order chi connectivity index (χ0) is 19.9. The number of carboxylic acid groups (broad SMARTS) is 1. The molecule has 0 radical (unpaired) electrons. The predicted octanol–water partition coefficient (Wildman–Crippen LogP) is 4.17. The largest absolute Gasteiger partial charge is 0.490 e. The monoisotopic (exact) mass is 380 g/mol. The number of hydrogen-bond acceptors (Lipinski definition) is 3. The van der Waals surface area contributed by atoms with Crippen LogP contribution in [0.2, 0.25) is 0 Å². The molecule has 0 spiro atoms. The minimum Gasteiger partial charge on any atom is -0.475 e. The van der Waals surface area contributed by atoms with Crippen molar-refractivity contribution in [1.82, 2.24) is 5.32 Å². The van der Waals surface area contributed by atoms with E-state index in [0.29, 0.717) is 0 Å². The number of benzene rings is 2.